The van der Waals surface area contributed by atoms with Crippen molar-refractivity contribution in [3.05, 3.63) is 315 Å². The number of hydrogen-bond acceptors (Lipinski definition) is 2. The van der Waals surface area contributed by atoms with E-state index in [1.54, 1.807) is 30.3 Å². The molecule has 74 heavy (non-hydrogen) atoms. The lowest BCUT2D eigenvalue weighted by molar-refractivity contribution is 1.18. The summed E-state index contributed by atoms with van der Waals surface area (Å²) in [6, 6.07) is 69.0. The van der Waals surface area contributed by atoms with E-state index in [4.69, 9.17) is 18.2 Å². The van der Waals surface area contributed by atoms with Crippen LogP contribution in [0, 0.1) is 0 Å². The molecule has 2 nitrogen and oxygen atoms in total. The van der Waals surface area contributed by atoms with Crippen LogP contribution in [0.15, 0.2) is 315 Å². The Balaban J connectivity index is 1.33. The van der Waals surface area contributed by atoms with Crippen molar-refractivity contribution in [3.8, 4) is 56.2 Å². The van der Waals surface area contributed by atoms with Gasteiger partial charge in [0.05, 0.1) is 29.2 Å². The molecule has 0 saturated carbocycles. The molecule has 0 aliphatic carbocycles. The first-order valence-corrected chi connectivity index (χ1v) is 28.3. The molecule has 12 rings (SSSR count). The highest BCUT2D eigenvalue weighted by Gasteiger charge is 2.46. The molecule has 0 radical (unpaired) electrons. The molecule has 0 amide bonds. The summed E-state index contributed by atoms with van der Waals surface area (Å²) in [5, 5.41) is 4.69. The molecule has 0 spiro atoms. The summed E-state index contributed by atoms with van der Waals surface area (Å²) in [5.41, 5.74) is 2.87. The summed E-state index contributed by atoms with van der Waals surface area (Å²) in [4.78, 5) is 10.5. The highest BCUT2D eigenvalue weighted by Crippen LogP contribution is 2.29. The van der Waals surface area contributed by atoms with Crippen molar-refractivity contribution in [2.24, 2.45) is 0 Å². The Morgan fingerprint density at radius 2 is 0.568 bits per heavy atom. The highest BCUT2D eigenvalue weighted by atomic mass is 28.3. The molecule has 0 N–H and O–H groups in total. The van der Waals surface area contributed by atoms with Crippen molar-refractivity contribution >= 4 is 57.6 Å². The summed E-state index contributed by atoms with van der Waals surface area (Å²) >= 11 is 0. The van der Waals surface area contributed by atoms with Gasteiger partial charge < -0.3 is 0 Å². The molecular weight excluding hydrogens is 925 g/mol. The van der Waals surface area contributed by atoms with Gasteiger partial charge in [-0.25, -0.2) is 9.97 Å². The van der Waals surface area contributed by atoms with E-state index >= 15 is 0 Å². The second kappa shape index (κ2) is 20.6. The number of aromatic nitrogens is 2. The van der Waals surface area contributed by atoms with Crippen LogP contribution in [-0.4, -0.2) is 26.1 Å². The van der Waals surface area contributed by atoms with Crippen LogP contribution in [0.3, 0.4) is 0 Å². The molecule has 0 aliphatic rings. The van der Waals surface area contributed by atoms with Crippen molar-refractivity contribution in [2.45, 2.75) is 0 Å². The predicted molar refractivity (Wildman–Crippen MR) is 316 cm³/mol. The zero-order valence-electron chi connectivity index (χ0n) is 52.9. The monoisotopic (exact) mass is 989 g/mol. The fraction of sp³-hybridized carbons (Fsp3) is 0. The maximum Gasteiger partial charge on any atom is 0.179 e. The smallest absolute Gasteiger partial charge is 0.179 e. The summed E-state index contributed by atoms with van der Waals surface area (Å²) in [7, 11) is -8.64. The maximum atomic E-state index is 11.6. The topological polar surface area (TPSA) is 25.8 Å². The van der Waals surface area contributed by atoms with Gasteiger partial charge in [-0.3, -0.25) is 0 Å². The summed E-state index contributed by atoms with van der Waals surface area (Å²) in [6.07, 6.45) is 0. The molecular formula is C70H52N2Si2. The van der Waals surface area contributed by atoms with Crippen LogP contribution in [0.25, 0.3) is 56.2 Å². The minimum absolute atomic E-state index is 0.0200. The van der Waals surface area contributed by atoms with Gasteiger partial charge in [-0.1, -0.05) is 309 Å². The minimum Gasteiger partial charge on any atom is -0.228 e. The van der Waals surface area contributed by atoms with E-state index in [0.29, 0.717) is 38.6 Å². The normalized spacial score (nSPS) is 14.0. The molecule has 0 saturated heterocycles. The lowest BCUT2D eigenvalue weighted by Gasteiger charge is -2.38. The standard InChI is InChI=1S/C70H52N2Si2/c1-9-27-53(28-10-1)57-35-25-45-64(47-57)73(60-37-17-5-18-38-60,61-39-19-6-20-40-61)66-49-59(69-52-68(55-31-13-3-14-32-55)71-70(72-69)56-33-15-4-16-34-56)50-67(51-66)74(62-41-21-7-22-42-62,63-43-23-8-24-44-63)65-46-26-36-58(48-65)54-29-11-2-12-30-54/h1-52H/i1D,2D,9D,10D,11D,12D,27D,28D,29D,30D,49D,50D,51D. The van der Waals surface area contributed by atoms with Crippen LogP contribution in [0.2, 0.25) is 0 Å². The quantitative estimate of drug-likeness (QED) is 0.0850. The van der Waals surface area contributed by atoms with Gasteiger partial charge in [0.15, 0.2) is 22.0 Å². The molecule has 0 fully saturated rings. The summed E-state index contributed by atoms with van der Waals surface area (Å²) in [5.74, 6) is 0.325. The van der Waals surface area contributed by atoms with Gasteiger partial charge in [0.2, 0.25) is 0 Å². The summed E-state index contributed by atoms with van der Waals surface area (Å²) in [6.45, 7) is 0. The Bertz CT molecular complexity index is 4180. The fourth-order valence-electron chi connectivity index (χ4n) is 10.2. The van der Waals surface area contributed by atoms with Gasteiger partial charge in [-0.2, -0.15) is 0 Å². The Kier molecular flexibility index (Phi) is 9.33. The zero-order chi connectivity index (χ0) is 60.9. The van der Waals surface area contributed by atoms with Crippen molar-refractivity contribution in [1.82, 2.24) is 9.97 Å². The van der Waals surface area contributed by atoms with Crippen LogP contribution in [0.1, 0.15) is 17.8 Å². The average molecular weight is 990 g/mol. The van der Waals surface area contributed by atoms with Crippen LogP contribution in [0.4, 0.5) is 0 Å². The number of rotatable bonds is 13. The van der Waals surface area contributed by atoms with E-state index in [9.17, 15) is 9.60 Å². The molecule has 0 unspecified atom stereocenters. The first-order valence-electron chi connectivity index (χ1n) is 30.8. The van der Waals surface area contributed by atoms with E-state index < -0.39 is 76.6 Å². The van der Waals surface area contributed by atoms with E-state index in [-0.39, 0.29) is 50.9 Å². The third-order valence-electron chi connectivity index (χ3n) is 13.6. The lowest BCUT2D eigenvalue weighted by atomic mass is 10.1. The van der Waals surface area contributed by atoms with Crippen molar-refractivity contribution in [2.75, 3.05) is 0 Å². The molecule has 0 aliphatic heterocycles. The zero-order valence-corrected chi connectivity index (χ0v) is 41.9. The van der Waals surface area contributed by atoms with Gasteiger partial charge in [0.1, 0.15) is 0 Å². The van der Waals surface area contributed by atoms with Gasteiger partial charge >= 0.3 is 0 Å². The van der Waals surface area contributed by atoms with E-state index in [2.05, 4.69) is 0 Å². The Hall–Kier alpha value is -9.07. The SMILES string of the molecule is [2H]c1c([2H])c([2H])c(-c2cccc([Si](c3ccccc3)(c3ccccc3)c3c([2H])c(-c4cc(-c5ccccc5)nc(-c5ccccc5)n4)c([2H])c([Si](c4ccccc4)(c4ccccc4)c4cccc(-c5c([2H])c([2H])c([2H])c([2H])c5[2H])c4)c3[2H])c2)c([2H])c1[2H]. The molecule has 0 bridgehead atoms. The molecule has 0 atom stereocenters. The third kappa shape index (κ3) is 8.66. The second-order valence-electron chi connectivity index (χ2n) is 17.8. The Labute approximate surface area is 455 Å². The maximum absolute atomic E-state index is 11.6. The van der Waals surface area contributed by atoms with E-state index in [1.165, 1.54) is 0 Å². The number of nitrogens with zero attached hydrogens (tertiary/aromatic N) is 2. The average Bonchev–Trinajstić information content (AvgIpc) is 0.700. The van der Waals surface area contributed by atoms with Crippen molar-refractivity contribution in [3.63, 3.8) is 0 Å². The Morgan fingerprint density at radius 3 is 0.959 bits per heavy atom. The predicted octanol–water partition coefficient (Wildman–Crippen LogP) is 11.6. The molecule has 1 aromatic heterocycles. The molecule has 11 aromatic carbocycles. The summed E-state index contributed by atoms with van der Waals surface area (Å²) < 4.78 is 123. The molecule has 4 heteroatoms. The fourth-order valence-corrected chi connectivity index (χ4v) is 19.6. The van der Waals surface area contributed by atoms with Crippen LogP contribution < -0.4 is 41.5 Å². The third-order valence-corrected chi connectivity index (χ3v) is 22.7. The van der Waals surface area contributed by atoms with Gasteiger partial charge in [-0.05, 0) is 69.8 Å². The Morgan fingerprint density at radius 1 is 0.243 bits per heavy atom. The first kappa shape index (κ1) is 33.6. The van der Waals surface area contributed by atoms with Crippen LogP contribution >= 0.6 is 0 Å². The van der Waals surface area contributed by atoms with Crippen LogP contribution in [-0.2, 0) is 0 Å². The van der Waals surface area contributed by atoms with Crippen LogP contribution in [0.5, 0.6) is 0 Å². The first-order chi connectivity index (χ1) is 42.1. The lowest BCUT2D eigenvalue weighted by Crippen LogP contribution is -2.78. The largest absolute Gasteiger partial charge is 0.228 e. The minimum atomic E-state index is -4.32. The van der Waals surface area contributed by atoms with Crippen molar-refractivity contribution in [1.29, 1.82) is 0 Å². The van der Waals surface area contributed by atoms with Gasteiger partial charge in [-0.15, -0.1) is 0 Å². The number of hydrogen-bond donors (Lipinski definition) is 0. The molecule has 1 heterocycles. The molecule has 350 valence electrons. The van der Waals surface area contributed by atoms with E-state index in [0.717, 1.165) is 26.3 Å². The van der Waals surface area contributed by atoms with E-state index in [1.807, 2.05) is 206 Å². The van der Waals surface area contributed by atoms with Crippen molar-refractivity contribution < 1.29 is 17.8 Å². The highest BCUT2D eigenvalue weighted by molar-refractivity contribution is 7.22. The number of benzene rings is 11. The van der Waals surface area contributed by atoms with Gasteiger partial charge in [0, 0.05) is 16.7 Å². The molecule has 12 aromatic rings. The second-order valence-corrected chi connectivity index (χ2v) is 25.3. The van der Waals surface area contributed by atoms with Gasteiger partial charge in [0.25, 0.3) is 0 Å².